The number of hydrogen-bond acceptors (Lipinski definition) is 5. The van der Waals surface area contributed by atoms with Crippen molar-refractivity contribution in [3.63, 3.8) is 0 Å². The molecule has 1 saturated heterocycles. The van der Waals surface area contributed by atoms with E-state index in [9.17, 15) is 4.79 Å². The van der Waals surface area contributed by atoms with E-state index in [2.05, 4.69) is 15.0 Å². The van der Waals surface area contributed by atoms with Gasteiger partial charge in [-0.05, 0) is 30.4 Å². The number of thioether (sulfide) groups is 1. The van der Waals surface area contributed by atoms with Crippen molar-refractivity contribution in [2.75, 3.05) is 18.6 Å². The first-order valence-corrected chi connectivity index (χ1v) is 9.74. The molecule has 26 heavy (non-hydrogen) atoms. The molecule has 1 fully saturated rings. The Morgan fingerprint density at radius 3 is 3.08 bits per heavy atom. The SMILES string of the molecule is CN(Cc1nc2ccccc2[nH]1)C(=O)c1ccnc(OC2CCSC2)c1. The summed E-state index contributed by atoms with van der Waals surface area (Å²) in [5.41, 5.74) is 2.44. The fourth-order valence-corrected chi connectivity index (χ4v) is 4.07. The van der Waals surface area contributed by atoms with Crippen LogP contribution < -0.4 is 4.74 Å². The van der Waals surface area contributed by atoms with E-state index in [1.54, 1.807) is 30.3 Å². The number of nitrogens with zero attached hydrogens (tertiary/aromatic N) is 3. The van der Waals surface area contributed by atoms with Crippen molar-refractivity contribution >= 4 is 28.7 Å². The molecule has 2 aromatic heterocycles. The van der Waals surface area contributed by atoms with Gasteiger partial charge in [0, 0.05) is 30.6 Å². The third kappa shape index (κ3) is 3.67. The van der Waals surface area contributed by atoms with Crippen molar-refractivity contribution < 1.29 is 9.53 Å². The van der Waals surface area contributed by atoms with E-state index < -0.39 is 0 Å². The molecule has 0 spiro atoms. The molecule has 1 N–H and O–H groups in total. The summed E-state index contributed by atoms with van der Waals surface area (Å²) in [6.07, 6.45) is 2.84. The summed E-state index contributed by atoms with van der Waals surface area (Å²) in [5.74, 6) is 3.28. The van der Waals surface area contributed by atoms with Crippen LogP contribution in [0.2, 0.25) is 0 Å². The van der Waals surface area contributed by atoms with Gasteiger partial charge in [-0.15, -0.1) is 0 Å². The fraction of sp³-hybridized carbons (Fsp3) is 0.316. The van der Waals surface area contributed by atoms with Crippen molar-refractivity contribution in [3.8, 4) is 5.88 Å². The molecule has 0 saturated carbocycles. The Bertz CT molecular complexity index is 888. The van der Waals surface area contributed by atoms with Gasteiger partial charge in [0.15, 0.2) is 0 Å². The number of pyridine rings is 1. The Balaban J connectivity index is 1.45. The van der Waals surface area contributed by atoms with E-state index >= 15 is 0 Å². The summed E-state index contributed by atoms with van der Waals surface area (Å²) in [5, 5.41) is 0. The molecule has 1 aliphatic rings. The van der Waals surface area contributed by atoms with Gasteiger partial charge in [-0.25, -0.2) is 9.97 Å². The smallest absolute Gasteiger partial charge is 0.254 e. The number of hydrogen-bond donors (Lipinski definition) is 1. The van der Waals surface area contributed by atoms with Crippen LogP contribution in [-0.2, 0) is 6.54 Å². The number of fused-ring (bicyclic) bond motifs is 1. The van der Waals surface area contributed by atoms with Gasteiger partial charge in [0.05, 0.1) is 17.6 Å². The van der Waals surface area contributed by atoms with Crippen LogP contribution in [0.25, 0.3) is 11.0 Å². The highest BCUT2D eigenvalue weighted by molar-refractivity contribution is 7.99. The number of para-hydroxylation sites is 2. The first-order chi connectivity index (χ1) is 12.7. The third-order valence-corrected chi connectivity index (χ3v) is 5.46. The van der Waals surface area contributed by atoms with Crippen molar-refractivity contribution in [3.05, 3.63) is 54.0 Å². The number of carbonyl (C=O) groups excluding carboxylic acids is 1. The summed E-state index contributed by atoms with van der Waals surface area (Å²) < 4.78 is 5.88. The number of H-pyrrole nitrogens is 1. The summed E-state index contributed by atoms with van der Waals surface area (Å²) in [7, 11) is 1.77. The van der Waals surface area contributed by atoms with Gasteiger partial charge < -0.3 is 14.6 Å². The van der Waals surface area contributed by atoms with Gasteiger partial charge >= 0.3 is 0 Å². The van der Waals surface area contributed by atoms with Crippen LogP contribution in [-0.4, -0.2) is 50.4 Å². The average Bonchev–Trinajstić information content (AvgIpc) is 3.30. The number of aromatic nitrogens is 3. The van der Waals surface area contributed by atoms with E-state index in [-0.39, 0.29) is 12.0 Å². The third-order valence-electron chi connectivity index (χ3n) is 4.33. The molecule has 1 aromatic carbocycles. The lowest BCUT2D eigenvalue weighted by atomic mass is 10.2. The molecule has 1 unspecified atom stereocenters. The minimum Gasteiger partial charge on any atom is -0.473 e. The molecule has 0 radical (unpaired) electrons. The minimum atomic E-state index is -0.0847. The summed E-state index contributed by atoms with van der Waals surface area (Å²) in [6.45, 7) is 0.408. The monoisotopic (exact) mass is 368 g/mol. The zero-order valence-electron chi connectivity index (χ0n) is 14.5. The van der Waals surface area contributed by atoms with E-state index in [1.165, 1.54) is 0 Å². The maximum absolute atomic E-state index is 12.8. The van der Waals surface area contributed by atoms with Crippen LogP contribution in [0.1, 0.15) is 22.6 Å². The molecule has 7 heteroatoms. The molecule has 4 rings (SSSR count). The predicted molar refractivity (Wildman–Crippen MR) is 102 cm³/mol. The van der Waals surface area contributed by atoms with Crippen LogP contribution in [0.5, 0.6) is 5.88 Å². The second-order valence-corrected chi connectivity index (χ2v) is 7.50. The Labute approximate surface area is 156 Å². The van der Waals surface area contributed by atoms with E-state index in [1.807, 2.05) is 36.0 Å². The zero-order valence-corrected chi connectivity index (χ0v) is 15.3. The normalized spacial score (nSPS) is 16.7. The number of ether oxygens (including phenoxy) is 1. The topological polar surface area (TPSA) is 71.1 Å². The lowest BCUT2D eigenvalue weighted by Gasteiger charge is -2.17. The Morgan fingerprint density at radius 2 is 2.27 bits per heavy atom. The van der Waals surface area contributed by atoms with Gasteiger partial charge in [-0.3, -0.25) is 4.79 Å². The molecular formula is C19H20N4O2S. The van der Waals surface area contributed by atoms with Gasteiger partial charge in [-0.1, -0.05) is 12.1 Å². The molecule has 0 bridgehead atoms. The minimum absolute atomic E-state index is 0.0847. The van der Waals surface area contributed by atoms with Crippen LogP contribution in [0, 0.1) is 0 Å². The fourth-order valence-electron chi connectivity index (χ4n) is 2.98. The van der Waals surface area contributed by atoms with Crippen LogP contribution in [0.15, 0.2) is 42.6 Å². The number of nitrogens with one attached hydrogen (secondary N) is 1. The second kappa shape index (κ2) is 7.37. The average molecular weight is 368 g/mol. The highest BCUT2D eigenvalue weighted by Gasteiger charge is 2.19. The van der Waals surface area contributed by atoms with Gasteiger partial charge in [0.25, 0.3) is 5.91 Å². The quantitative estimate of drug-likeness (QED) is 0.749. The summed E-state index contributed by atoms with van der Waals surface area (Å²) in [6, 6.07) is 11.3. The molecule has 1 aliphatic heterocycles. The first-order valence-electron chi connectivity index (χ1n) is 8.58. The van der Waals surface area contributed by atoms with E-state index in [0.717, 1.165) is 34.8 Å². The number of imidazole rings is 1. The largest absolute Gasteiger partial charge is 0.473 e. The van der Waals surface area contributed by atoms with Crippen molar-refractivity contribution in [1.82, 2.24) is 19.9 Å². The van der Waals surface area contributed by atoms with Gasteiger partial charge in [0.1, 0.15) is 11.9 Å². The molecule has 0 aliphatic carbocycles. The standard InChI is InChI=1S/C19H20N4O2S/c1-23(11-17-21-15-4-2-3-5-16(15)22-17)19(24)13-6-8-20-18(10-13)25-14-7-9-26-12-14/h2-6,8,10,14H,7,9,11-12H2,1H3,(H,21,22). The van der Waals surface area contributed by atoms with Crippen LogP contribution >= 0.6 is 11.8 Å². The van der Waals surface area contributed by atoms with Gasteiger partial charge in [0.2, 0.25) is 5.88 Å². The molecular weight excluding hydrogens is 348 g/mol. The first kappa shape index (κ1) is 16.9. The highest BCUT2D eigenvalue weighted by atomic mass is 32.2. The van der Waals surface area contributed by atoms with Crippen LogP contribution in [0.3, 0.4) is 0 Å². The molecule has 1 amide bonds. The highest BCUT2D eigenvalue weighted by Crippen LogP contribution is 2.22. The Morgan fingerprint density at radius 1 is 1.38 bits per heavy atom. The lowest BCUT2D eigenvalue weighted by molar-refractivity contribution is 0.0781. The summed E-state index contributed by atoms with van der Waals surface area (Å²) in [4.78, 5) is 26.4. The summed E-state index contributed by atoms with van der Waals surface area (Å²) >= 11 is 1.88. The van der Waals surface area contributed by atoms with Gasteiger partial charge in [-0.2, -0.15) is 11.8 Å². The van der Waals surface area contributed by atoms with E-state index in [0.29, 0.717) is 18.0 Å². The maximum Gasteiger partial charge on any atom is 0.254 e. The molecule has 6 nitrogen and oxygen atoms in total. The zero-order chi connectivity index (χ0) is 17.9. The predicted octanol–water partition coefficient (Wildman–Crippen LogP) is 3.11. The van der Waals surface area contributed by atoms with Crippen molar-refractivity contribution in [1.29, 1.82) is 0 Å². The second-order valence-electron chi connectivity index (χ2n) is 6.35. The number of amides is 1. The maximum atomic E-state index is 12.8. The lowest BCUT2D eigenvalue weighted by Crippen LogP contribution is -2.27. The van der Waals surface area contributed by atoms with E-state index in [4.69, 9.17) is 4.74 Å². The van der Waals surface area contributed by atoms with Crippen molar-refractivity contribution in [2.24, 2.45) is 0 Å². The number of aromatic amines is 1. The van der Waals surface area contributed by atoms with Crippen molar-refractivity contribution in [2.45, 2.75) is 19.1 Å². The molecule has 134 valence electrons. The molecule has 3 aromatic rings. The Hall–Kier alpha value is -2.54. The number of carbonyl (C=O) groups is 1. The molecule has 1 atom stereocenters. The molecule has 3 heterocycles. The number of rotatable bonds is 5. The van der Waals surface area contributed by atoms with Crippen LogP contribution in [0.4, 0.5) is 0 Å². The number of benzene rings is 1. The Kier molecular flexibility index (Phi) is 4.79.